The fourth-order valence-corrected chi connectivity index (χ4v) is 2.18. The standard InChI is InChI=1S/C12H22N2O4/c1-8-2-4-9(5-3-8)13-12(18)14-10(6-7-15)11(16)17/h8-10,15H,2-7H2,1H3,(H,16,17)(H2,13,14,18). The number of carboxylic acid groups (broad SMARTS) is 1. The zero-order valence-electron chi connectivity index (χ0n) is 10.7. The van der Waals surface area contributed by atoms with Crippen LogP contribution in [0.1, 0.15) is 39.0 Å². The average Bonchev–Trinajstić information content (AvgIpc) is 2.31. The minimum absolute atomic E-state index is 0.0183. The molecule has 0 aliphatic heterocycles. The molecule has 1 fully saturated rings. The number of aliphatic carboxylic acids is 1. The van der Waals surface area contributed by atoms with Crippen molar-refractivity contribution in [2.45, 2.75) is 51.1 Å². The molecule has 104 valence electrons. The Balaban J connectivity index is 2.33. The summed E-state index contributed by atoms with van der Waals surface area (Å²) in [6, 6.07) is -1.36. The summed E-state index contributed by atoms with van der Waals surface area (Å²) < 4.78 is 0. The molecule has 18 heavy (non-hydrogen) atoms. The highest BCUT2D eigenvalue weighted by Gasteiger charge is 2.23. The minimum atomic E-state index is -1.13. The number of aliphatic hydroxyl groups is 1. The van der Waals surface area contributed by atoms with Crippen molar-refractivity contribution in [1.29, 1.82) is 0 Å². The SMILES string of the molecule is CC1CCC(NC(=O)NC(CCO)C(=O)O)CC1. The van der Waals surface area contributed by atoms with Crippen LogP contribution in [0.3, 0.4) is 0 Å². The molecular formula is C12H22N2O4. The number of hydrogen-bond donors (Lipinski definition) is 4. The van der Waals surface area contributed by atoms with Crippen LogP contribution in [-0.2, 0) is 4.79 Å². The molecule has 0 radical (unpaired) electrons. The molecule has 2 amide bonds. The number of urea groups is 1. The summed E-state index contributed by atoms with van der Waals surface area (Å²) in [5, 5.41) is 22.7. The lowest BCUT2D eigenvalue weighted by atomic mass is 9.87. The Morgan fingerprint density at radius 2 is 1.89 bits per heavy atom. The highest BCUT2D eigenvalue weighted by atomic mass is 16.4. The average molecular weight is 258 g/mol. The van der Waals surface area contributed by atoms with Gasteiger partial charge in [-0.2, -0.15) is 0 Å². The smallest absolute Gasteiger partial charge is 0.326 e. The molecule has 1 aliphatic carbocycles. The topological polar surface area (TPSA) is 98.7 Å². The fraction of sp³-hybridized carbons (Fsp3) is 0.833. The van der Waals surface area contributed by atoms with E-state index in [9.17, 15) is 9.59 Å². The largest absolute Gasteiger partial charge is 0.480 e. The predicted molar refractivity (Wildman–Crippen MR) is 66.2 cm³/mol. The number of nitrogens with one attached hydrogen (secondary N) is 2. The van der Waals surface area contributed by atoms with Crippen molar-refractivity contribution in [3.63, 3.8) is 0 Å². The van der Waals surface area contributed by atoms with Gasteiger partial charge in [0, 0.05) is 19.1 Å². The van der Waals surface area contributed by atoms with E-state index in [4.69, 9.17) is 10.2 Å². The quantitative estimate of drug-likeness (QED) is 0.583. The molecule has 0 heterocycles. The first-order chi connectivity index (χ1) is 8.52. The first-order valence-electron chi connectivity index (χ1n) is 6.43. The lowest BCUT2D eigenvalue weighted by molar-refractivity contribution is -0.139. The summed E-state index contributed by atoms with van der Waals surface area (Å²) >= 11 is 0. The van der Waals surface area contributed by atoms with E-state index < -0.39 is 18.0 Å². The van der Waals surface area contributed by atoms with Gasteiger partial charge < -0.3 is 20.8 Å². The summed E-state index contributed by atoms with van der Waals surface area (Å²) in [5.41, 5.74) is 0. The molecule has 0 saturated heterocycles. The molecule has 1 rings (SSSR count). The molecule has 1 unspecified atom stereocenters. The predicted octanol–water partition coefficient (Wildman–Crippen LogP) is 0.700. The van der Waals surface area contributed by atoms with Crippen molar-refractivity contribution in [2.24, 2.45) is 5.92 Å². The van der Waals surface area contributed by atoms with E-state index in [1.807, 2.05) is 0 Å². The summed E-state index contributed by atoms with van der Waals surface area (Å²) in [6.45, 7) is 1.93. The van der Waals surface area contributed by atoms with Crippen LogP contribution in [0.4, 0.5) is 4.79 Å². The van der Waals surface area contributed by atoms with Crippen molar-refractivity contribution in [3.8, 4) is 0 Å². The molecule has 0 spiro atoms. The van der Waals surface area contributed by atoms with E-state index in [0.717, 1.165) is 25.7 Å². The van der Waals surface area contributed by atoms with E-state index >= 15 is 0 Å². The van der Waals surface area contributed by atoms with Gasteiger partial charge in [0.05, 0.1) is 0 Å². The van der Waals surface area contributed by atoms with Crippen LogP contribution >= 0.6 is 0 Å². The molecule has 0 bridgehead atoms. The highest BCUT2D eigenvalue weighted by molar-refractivity contribution is 5.82. The van der Waals surface area contributed by atoms with Crippen LogP contribution < -0.4 is 10.6 Å². The molecule has 0 aromatic rings. The molecule has 1 aliphatic rings. The van der Waals surface area contributed by atoms with Gasteiger partial charge in [-0.1, -0.05) is 6.92 Å². The van der Waals surface area contributed by atoms with E-state index in [2.05, 4.69) is 17.6 Å². The number of amides is 2. The van der Waals surface area contributed by atoms with E-state index in [1.165, 1.54) is 0 Å². The second-order valence-electron chi connectivity index (χ2n) is 4.98. The Labute approximate surface area is 107 Å². The Morgan fingerprint density at radius 1 is 1.28 bits per heavy atom. The molecule has 6 nitrogen and oxygen atoms in total. The maximum Gasteiger partial charge on any atom is 0.326 e. The number of hydrogen-bond acceptors (Lipinski definition) is 3. The molecule has 4 N–H and O–H groups in total. The number of carbonyl (C=O) groups excluding carboxylic acids is 1. The van der Waals surface area contributed by atoms with Crippen LogP contribution in [0.25, 0.3) is 0 Å². The molecular weight excluding hydrogens is 236 g/mol. The normalized spacial score (nSPS) is 25.2. The van der Waals surface area contributed by atoms with Crippen LogP contribution in [0.15, 0.2) is 0 Å². The zero-order valence-corrected chi connectivity index (χ0v) is 10.7. The van der Waals surface area contributed by atoms with Gasteiger partial charge in [0.1, 0.15) is 6.04 Å². The van der Waals surface area contributed by atoms with Crippen molar-refractivity contribution >= 4 is 12.0 Å². The molecule has 1 saturated carbocycles. The van der Waals surface area contributed by atoms with Crippen LogP contribution in [-0.4, -0.2) is 40.9 Å². The third-order valence-corrected chi connectivity index (χ3v) is 3.37. The third kappa shape index (κ3) is 4.91. The fourth-order valence-electron chi connectivity index (χ4n) is 2.18. The number of carboxylic acids is 1. The molecule has 0 aromatic carbocycles. The van der Waals surface area contributed by atoms with E-state index in [0.29, 0.717) is 5.92 Å². The lowest BCUT2D eigenvalue weighted by Gasteiger charge is -2.27. The number of rotatable bonds is 5. The highest BCUT2D eigenvalue weighted by Crippen LogP contribution is 2.23. The number of aliphatic hydroxyl groups excluding tert-OH is 1. The van der Waals surface area contributed by atoms with Crippen LogP contribution in [0, 0.1) is 5.92 Å². The van der Waals surface area contributed by atoms with Crippen molar-refractivity contribution in [2.75, 3.05) is 6.61 Å². The van der Waals surface area contributed by atoms with Crippen molar-refractivity contribution in [1.82, 2.24) is 10.6 Å². The second kappa shape index (κ2) is 7.20. The van der Waals surface area contributed by atoms with Gasteiger partial charge in [0.25, 0.3) is 0 Å². The maximum atomic E-state index is 11.6. The van der Waals surface area contributed by atoms with Gasteiger partial charge in [-0.05, 0) is 31.6 Å². The van der Waals surface area contributed by atoms with Crippen molar-refractivity contribution in [3.05, 3.63) is 0 Å². The molecule has 1 atom stereocenters. The van der Waals surface area contributed by atoms with Gasteiger partial charge in [-0.15, -0.1) is 0 Å². The first kappa shape index (κ1) is 14.8. The van der Waals surface area contributed by atoms with E-state index in [1.54, 1.807) is 0 Å². The Kier molecular flexibility index (Phi) is 5.91. The van der Waals surface area contributed by atoms with Gasteiger partial charge in [0.15, 0.2) is 0 Å². The summed E-state index contributed by atoms with van der Waals surface area (Å²) in [5.74, 6) is -0.427. The lowest BCUT2D eigenvalue weighted by Crippen LogP contribution is -2.49. The van der Waals surface area contributed by atoms with Gasteiger partial charge in [-0.25, -0.2) is 9.59 Å². The first-order valence-corrected chi connectivity index (χ1v) is 6.43. The van der Waals surface area contributed by atoms with Gasteiger partial charge in [-0.3, -0.25) is 0 Å². The molecule has 6 heteroatoms. The Morgan fingerprint density at radius 3 is 2.39 bits per heavy atom. The van der Waals surface area contributed by atoms with E-state index in [-0.39, 0.29) is 19.1 Å². The Bertz CT molecular complexity index is 288. The van der Waals surface area contributed by atoms with Crippen LogP contribution in [0.5, 0.6) is 0 Å². The summed E-state index contributed by atoms with van der Waals surface area (Å²) in [7, 11) is 0. The Hall–Kier alpha value is -1.30. The van der Waals surface area contributed by atoms with Crippen molar-refractivity contribution < 1.29 is 19.8 Å². The van der Waals surface area contributed by atoms with Gasteiger partial charge >= 0.3 is 12.0 Å². The van der Waals surface area contributed by atoms with Gasteiger partial charge in [0.2, 0.25) is 0 Å². The molecule has 0 aromatic heterocycles. The van der Waals surface area contributed by atoms with Crippen LogP contribution in [0.2, 0.25) is 0 Å². The summed E-state index contributed by atoms with van der Waals surface area (Å²) in [4.78, 5) is 22.4. The second-order valence-corrected chi connectivity index (χ2v) is 4.98. The summed E-state index contributed by atoms with van der Waals surface area (Å²) in [6.07, 6.45) is 4.07. The third-order valence-electron chi connectivity index (χ3n) is 3.37. The zero-order chi connectivity index (χ0) is 13.5. The number of carbonyl (C=O) groups is 2. The maximum absolute atomic E-state index is 11.6. The minimum Gasteiger partial charge on any atom is -0.480 e. The monoisotopic (exact) mass is 258 g/mol.